The number of rotatable bonds is 6. The minimum atomic E-state index is -0.261. The summed E-state index contributed by atoms with van der Waals surface area (Å²) in [6.07, 6.45) is 5.29. The molecule has 0 saturated heterocycles. The van der Waals surface area contributed by atoms with E-state index < -0.39 is 0 Å². The van der Waals surface area contributed by atoms with Gasteiger partial charge in [-0.25, -0.2) is 0 Å². The number of para-hydroxylation sites is 1. The molecule has 0 saturated carbocycles. The lowest BCUT2D eigenvalue weighted by molar-refractivity contribution is 0.102. The maximum absolute atomic E-state index is 12.6. The van der Waals surface area contributed by atoms with Gasteiger partial charge in [0.15, 0.2) is 5.69 Å². The van der Waals surface area contributed by atoms with Crippen LogP contribution in [0.4, 0.5) is 5.69 Å². The summed E-state index contributed by atoms with van der Waals surface area (Å²) in [5, 5.41) is 12.1. The predicted molar refractivity (Wildman–Crippen MR) is 110 cm³/mol. The number of halogens is 1. The van der Waals surface area contributed by atoms with Crippen LogP contribution in [-0.4, -0.2) is 25.5 Å². The van der Waals surface area contributed by atoms with Gasteiger partial charge >= 0.3 is 0 Å². The minimum absolute atomic E-state index is 0.261. The molecular formula is C20H16ClN5OS. The van der Waals surface area contributed by atoms with Gasteiger partial charge in [0.05, 0.1) is 5.69 Å². The first kappa shape index (κ1) is 18.3. The van der Waals surface area contributed by atoms with Crippen molar-refractivity contribution in [1.29, 1.82) is 0 Å². The van der Waals surface area contributed by atoms with Gasteiger partial charge in [-0.2, -0.15) is 10.2 Å². The van der Waals surface area contributed by atoms with Crippen LogP contribution in [-0.2, 0) is 6.67 Å². The Bertz CT molecular complexity index is 1080. The van der Waals surface area contributed by atoms with E-state index in [0.29, 0.717) is 17.4 Å². The van der Waals surface area contributed by atoms with E-state index in [-0.39, 0.29) is 5.91 Å². The molecule has 0 aliphatic heterocycles. The molecule has 0 fully saturated rings. The van der Waals surface area contributed by atoms with Gasteiger partial charge in [0.2, 0.25) is 0 Å². The fraction of sp³-hybridized carbons (Fsp3) is 0.0500. The molecule has 4 aromatic rings. The number of amides is 1. The second-order valence-electron chi connectivity index (χ2n) is 5.93. The highest BCUT2D eigenvalue weighted by molar-refractivity contribution is 7.99. The Balaban J connectivity index is 1.47. The Morgan fingerprint density at radius 3 is 2.61 bits per heavy atom. The average molecular weight is 410 g/mol. The highest BCUT2D eigenvalue weighted by Gasteiger charge is 2.13. The summed E-state index contributed by atoms with van der Waals surface area (Å²) in [5.74, 6) is -0.261. The molecule has 2 aromatic heterocycles. The Kier molecular flexibility index (Phi) is 5.45. The molecule has 140 valence electrons. The second-order valence-corrected chi connectivity index (χ2v) is 7.49. The molecule has 1 amide bonds. The second kappa shape index (κ2) is 8.33. The Morgan fingerprint density at radius 2 is 1.82 bits per heavy atom. The molecule has 28 heavy (non-hydrogen) atoms. The molecule has 4 rings (SSSR count). The highest BCUT2D eigenvalue weighted by atomic mass is 35.5. The molecule has 8 heteroatoms. The van der Waals surface area contributed by atoms with Crippen molar-refractivity contribution < 1.29 is 4.79 Å². The van der Waals surface area contributed by atoms with Crippen LogP contribution in [0.25, 0.3) is 0 Å². The molecule has 0 unspecified atom stereocenters. The van der Waals surface area contributed by atoms with Crippen molar-refractivity contribution in [3.63, 3.8) is 0 Å². The highest BCUT2D eigenvalue weighted by Crippen LogP contribution is 2.34. The predicted octanol–water partition coefficient (Wildman–Crippen LogP) is 4.64. The number of aromatic nitrogens is 4. The molecule has 1 N–H and O–H groups in total. The van der Waals surface area contributed by atoms with E-state index in [1.807, 2.05) is 60.8 Å². The molecule has 6 nitrogen and oxygen atoms in total. The van der Waals surface area contributed by atoms with Crippen LogP contribution in [0.3, 0.4) is 0 Å². The summed E-state index contributed by atoms with van der Waals surface area (Å²) < 4.78 is 3.39. The van der Waals surface area contributed by atoms with Crippen molar-refractivity contribution in [2.24, 2.45) is 0 Å². The van der Waals surface area contributed by atoms with E-state index in [0.717, 1.165) is 15.5 Å². The fourth-order valence-corrected chi connectivity index (χ4v) is 3.60. The van der Waals surface area contributed by atoms with E-state index in [9.17, 15) is 4.79 Å². The summed E-state index contributed by atoms with van der Waals surface area (Å²) in [6, 6.07) is 18.8. The Morgan fingerprint density at radius 1 is 1.00 bits per heavy atom. The van der Waals surface area contributed by atoms with Gasteiger partial charge < -0.3 is 5.32 Å². The van der Waals surface area contributed by atoms with Gasteiger partial charge in [0, 0.05) is 33.4 Å². The standard InChI is InChI=1S/C20H16ClN5OS/c21-15-6-8-16(9-7-15)28-19-5-2-1-4-17(19)23-20(27)18-10-13-26(24-18)14-25-12-3-11-22-25/h1-13H,14H2,(H,23,27). The number of anilines is 1. The van der Waals surface area contributed by atoms with Gasteiger partial charge in [-0.15, -0.1) is 0 Å². The van der Waals surface area contributed by atoms with E-state index in [1.54, 1.807) is 39.6 Å². The van der Waals surface area contributed by atoms with E-state index in [4.69, 9.17) is 11.6 Å². The smallest absolute Gasteiger partial charge is 0.276 e. The number of nitrogens with one attached hydrogen (secondary N) is 1. The molecule has 2 aromatic carbocycles. The first-order valence-electron chi connectivity index (χ1n) is 8.52. The SMILES string of the molecule is O=C(Nc1ccccc1Sc1ccc(Cl)cc1)c1ccn(Cn2cccn2)n1. The van der Waals surface area contributed by atoms with Crippen molar-refractivity contribution in [1.82, 2.24) is 19.6 Å². The number of hydrogen-bond donors (Lipinski definition) is 1. The van der Waals surface area contributed by atoms with E-state index >= 15 is 0 Å². The normalized spacial score (nSPS) is 10.8. The van der Waals surface area contributed by atoms with Gasteiger partial charge in [-0.05, 0) is 48.5 Å². The number of benzene rings is 2. The lowest BCUT2D eigenvalue weighted by Crippen LogP contribution is -2.15. The van der Waals surface area contributed by atoms with Crippen molar-refractivity contribution in [2.75, 3.05) is 5.32 Å². The first-order valence-corrected chi connectivity index (χ1v) is 9.71. The third kappa shape index (κ3) is 4.44. The Labute approximate surface area is 171 Å². The zero-order valence-electron chi connectivity index (χ0n) is 14.7. The van der Waals surface area contributed by atoms with Crippen LogP contribution < -0.4 is 5.32 Å². The maximum atomic E-state index is 12.6. The maximum Gasteiger partial charge on any atom is 0.276 e. The van der Waals surface area contributed by atoms with Gasteiger partial charge in [-0.1, -0.05) is 35.5 Å². The summed E-state index contributed by atoms with van der Waals surface area (Å²) in [5.41, 5.74) is 1.08. The van der Waals surface area contributed by atoms with Gasteiger partial charge in [0.1, 0.15) is 6.67 Å². The number of carbonyl (C=O) groups excluding carboxylic acids is 1. The topological polar surface area (TPSA) is 64.7 Å². The number of nitrogens with zero attached hydrogens (tertiary/aromatic N) is 4. The number of hydrogen-bond acceptors (Lipinski definition) is 4. The van der Waals surface area contributed by atoms with Crippen LogP contribution in [0.1, 0.15) is 10.5 Å². The zero-order chi connectivity index (χ0) is 19.3. The van der Waals surface area contributed by atoms with Crippen molar-refractivity contribution in [2.45, 2.75) is 16.5 Å². The molecule has 0 aliphatic rings. The lowest BCUT2D eigenvalue weighted by Gasteiger charge is -2.10. The van der Waals surface area contributed by atoms with E-state index in [2.05, 4.69) is 15.5 Å². The molecule has 0 aliphatic carbocycles. The summed E-state index contributed by atoms with van der Waals surface area (Å²) in [6.45, 7) is 0.448. The molecule has 0 spiro atoms. The van der Waals surface area contributed by atoms with Crippen LogP contribution in [0.2, 0.25) is 5.02 Å². The Hall–Kier alpha value is -3.03. The largest absolute Gasteiger partial charge is 0.320 e. The summed E-state index contributed by atoms with van der Waals surface area (Å²) >= 11 is 7.51. The molecular weight excluding hydrogens is 394 g/mol. The van der Waals surface area contributed by atoms with E-state index in [1.165, 1.54) is 0 Å². The lowest BCUT2D eigenvalue weighted by atomic mass is 10.3. The molecule has 2 heterocycles. The molecule has 0 radical (unpaired) electrons. The minimum Gasteiger partial charge on any atom is -0.320 e. The first-order chi connectivity index (χ1) is 13.7. The molecule has 0 atom stereocenters. The van der Waals surface area contributed by atoms with Crippen LogP contribution in [0, 0.1) is 0 Å². The van der Waals surface area contributed by atoms with Crippen LogP contribution in [0.15, 0.2) is 89.0 Å². The van der Waals surface area contributed by atoms with Crippen molar-refractivity contribution in [3.8, 4) is 0 Å². The van der Waals surface area contributed by atoms with Crippen LogP contribution in [0.5, 0.6) is 0 Å². The zero-order valence-corrected chi connectivity index (χ0v) is 16.3. The van der Waals surface area contributed by atoms with Crippen LogP contribution >= 0.6 is 23.4 Å². The quantitative estimate of drug-likeness (QED) is 0.503. The van der Waals surface area contributed by atoms with Gasteiger partial charge in [0.25, 0.3) is 5.91 Å². The summed E-state index contributed by atoms with van der Waals surface area (Å²) in [7, 11) is 0. The third-order valence-electron chi connectivity index (χ3n) is 3.90. The monoisotopic (exact) mass is 409 g/mol. The fourth-order valence-electron chi connectivity index (χ4n) is 2.57. The van der Waals surface area contributed by atoms with Crippen molar-refractivity contribution >= 4 is 35.0 Å². The van der Waals surface area contributed by atoms with Crippen molar-refractivity contribution in [3.05, 3.63) is 90.0 Å². The molecule has 0 bridgehead atoms. The number of carbonyl (C=O) groups is 1. The summed E-state index contributed by atoms with van der Waals surface area (Å²) in [4.78, 5) is 14.6. The average Bonchev–Trinajstić information content (AvgIpc) is 3.38. The third-order valence-corrected chi connectivity index (χ3v) is 5.23. The van der Waals surface area contributed by atoms with Gasteiger partial charge in [-0.3, -0.25) is 14.2 Å².